The third-order valence-corrected chi connectivity index (χ3v) is 2.30. The maximum Gasteiger partial charge on any atom is 0.343 e. The molecule has 0 aromatic carbocycles. The van der Waals surface area contributed by atoms with E-state index in [0.717, 1.165) is 0 Å². The quantitative estimate of drug-likeness (QED) is 0.785. The largest absolute Gasteiger partial charge is 0.480 e. The van der Waals surface area contributed by atoms with E-state index in [9.17, 15) is 4.79 Å². The van der Waals surface area contributed by atoms with Gasteiger partial charge in [-0.1, -0.05) is 0 Å². The second-order valence-corrected chi connectivity index (χ2v) is 3.45. The zero-order chi connectivity index (χ0) is 13.8. The summed E-state index contributed by atoms with van der Waals surface area (Å²) in [7, 11) is 2.74. The number of methoxy groups -OCH3 is 2. The van der Waals surface area contributed by atoms with E-state index >= 15 is 0 Å². The standard InChI is InChI=1S/C11H11N5O3/c1-18-8-4-3-7(15-16-8)10-13-5-6(9(12)14-10)11(17)19-2/h3-5H,1-2H3,(H2,12,13,14). The Kier molecular flexibility index (Phi) is 3.51. The normalized spacial score (nSPS) is 10.0. The number of aromatic nitrogens is 4. The van der Waals surface area contributed by atoms with Crippen molar-refractivity contribution in [1.29, 1.82) is 0 Å². The smallest absolute Gasteiger partial charge is 0.343 e. The summed E-state index contributed by atoms with van der Waals surface area (Å²) in [6, 6.07) is 3.26. The zero-order valence-electron chi connectivity index (χ0n) is 10.3. The lowest BCUT2D eigenvalue weighted by atomic mass is 10.3. The van der Waals surface area contributed by atoms with Crippen LogP contribution >= 0.6 is 0 Å². The van der Waals surface area contributed by atoms with Crippen molar-refractivity contribution >= 4 is 11.8 Å². The van der Waals surface area contributed by atoms with Crippen LogP contribution in [0.4, 0.5) is 5.82 Å². The second kappa shape index (κ2) is 5.25. The van der Waals surface area contributed by atoms with Crippen LogP contribution in [0, 0.1) is 0 Å². The maximum atomic E-state index is 11.3. The third-order valence-electron chi connectivity index (χ3n) is 2.30. The molecule has 2 heterocycles. The van der Waals surface area contributed by atoms with Crippen molar-refractivity contribution in [2.75, 3.05) is 20.0 Å². The number of nitrogens with zero attached hydrogens (tertiary/aromatic N) is 4. The highest BCUT2D eigenvalue weighted by Gasteiger charge is 2.14. The fourth-order valence-electron chi connectivity index (χ4n) is 1.33. The third kappa shape index (κ3) is 2.57. The van der Waals surface area contributed by atoms with E-state index in [0.29, 0.717) is 11.6 Å². The van der Waals surface area contributed by atoms with Crippen molar-refractivity contribution in [1.82, 2.24) is 20.2 Å². The highest BCUT2D eigenvalue weighted by molar-refractivity contribution is 5.93. The number of esters is 1. The molecule has 0 aliphatic rings. The Morgan fingerprint density at radius 3 is 2.58 bits per heavy atom. The van der Waals surface area contributed by atoms with E-state index in [1.807, 2.05) is 0 Å². The van der Waals surface area contributed by atoms with Crippen molar-refractivity contribution in [3.05, 3.63) is 23.9 Å². The van der Waals surface area contributed by atoms with Crippen LogP contribution < -0.4 is 10.5 Å². The number of nitrogen functional groups attached to an aromatic ring is 1. The van der Waals surface area contributed by atoms with Gasteiger partial charge in [0.2, 0.25) is 5.88 Å². The average Bonchev–Trinajstić information content (AvgIpc) is 2.46. The second-order valence-electron chi connectivity index (χ2n) is 3.45. The first-order valence-electron chi connectivity index (χ1n) is 5.24. The number of nitrogens with two attached hydrogens (primary N) is 1. The predicted octanol–water partition coefficient (Wildman–Crippen LogP) is 0.311. The summed E-state index contributed by atoms with van der Waals surface area (Å²) < 4.78 is 9.44. The van der Waals surface area contributed by atoms with Crippen molar-refractivity contribution in [2.24, 2.45) is 0 Å². The molecule has 0 bridgehead atoms. The fourth-order valence-corrected chi connectivity index (χ4v) is 1.33. The molecule has 0 atom stereocenters. The molecule has 2 N–H and O–H groups in total. The Morgan fingerprint density at radius 2 is 2.05 bits per heavy atom. The van der Waals surface area contributed by atoms with Crippen molar-refractivity contribution in [2.45, 2.75) is 0 Å². The molecule has 0 fully saturated rings. The van der Waals surface area contributed by atoms with Crippen LogP contribution in [-0.2, 0) is 4.74 Å². The lowest BCUT2D eigenvalue weighted by molar-refractivity contribution is 0.0601. The first kappa shape index (κ1) is 12.7. The van der Waals surface area contributed by atoms with Gasteiger partial charge in [0.1, 0.15) is 17.1 Å². The summed E-state index contributed by atoms with van der Waals surface area (Å²) in [4.78, 5) is 19.3. The van der Waals surface area contributed by atoms with Crippen LogP contribution in [0.1, 0.15) is 10.4 Å². The molecule has 19 heavy (non-hydrogen) atoms. The number of ether oxygens (including phenoxy) is 2. The van der Waals surface area contributed by atoms with E-state index in [-0.39, 0.29) is 17.2 Å². The van der Waals surface area contributed by atoms with Crippen molar-refractivity contribution < 1.29 is 14.3 Å². The Hall–Kier alpha value is -2.77. The summed E-state index contributed by atoms with van der Waals surface area (Å²) in [5.74, 6) is 0.0718. The van der Waals surface area contributed by atoms with Gasteiger partial charge in [0.05, 0.1) is 14.2 Å². The lowest BCUT2D eigenvalue weighted by Gasteiger charge is -2.04. The molecule has 0 spiro atoms. The average molecular weight is 261 g/mol. The van der Waals surface area contributed by atoms with E-state index in [4.69, 9.17) is 10.5 Å². The SMILES string of the molecule is COC(=O)c1cnc(-c2ccc(OC)nn2)nc1N. The first-order valence-corrected chi connectivity index (χ1v) is 5.24. The number of carbonyl (C=O) groups is 1. The minimum atomic E-state index is -0.593. The van der Waals surface area contributed by atoms with Gasteiger partial charge in [0.25, 0.3) is 0 Å². The minimum Gasteiger partial charge on any atom is -0.480 e. The van der Waals surface area contributed by atoms with Crippen LogP contribution in [0.5, 0.6) is 5.88 Å². The van der Waals surface area contributed by atoms with Gasteiger partial charge in [-0.25, -0.2) is 14.8 Å². The van der Waals surface area contributed by atoms with Gasteiger partial charge < -0.3 is 15.2 Å². The molecule has 0 aliphatic carbocycles. The van der Waals surface area contributed by atoms with Gasteiger partial charge in [-0.3, -0.25) is 0 Å². The molecule has 0 aliphatic heterocycles. The van der Waals surface area contributed by atoms with Gasteiger partial charge in [-0.15, -0.1) is 10.2 Å². The molecule has 0 saturated carbocycles. The zero-order valence-corrected chi connectivity index (χ0v) is 10.3. The molecule has 2 aromatic heterocycles. The number of carbonyl (C=O) groups excluding carboxylic acids is 1. The van der Waals surface area contributed by atoms with Crippen LogP contribution in [0.15, 0.2) is 18.3 Å². The molecule has 8 nitrogen and oxygen atoms in total. The van der Waals surface area contributed by atoms with Gasteiger partial charge in [-0.2, -0.15) is 0 Å². The van der Waals surface area contributed by atoms with Gasteiger partial charge in [0.15, 0.2) is 5.82 Å². The van der Waals surface area contributed by atoms with Gasteiger partial charge >= 0.3 is 5.97 Å². The molecular weight excluding hydrogens is 250 g/mol. The summed E-state index contributed by atoms with van der Waals surface area (Å²) in [5.41, 5.74) is 6.19. The predicted molar refractivity (Wildman–Crippen MR) is 65.4 cm³/mol. The Morgan fingerprint density at radius 1 is 1.26 bits per heavy atom. The Balaban J connectivity index is 2.35. The molecule has 0 radical (unpaired) electrons. The van der Waals surface area contributed by atoms with E-state index in [1.165, 1.54) is 20.4 Å². The summed E-state index contributed by atoms with van der Waals surface area (Å²) >= 11 is 0. The Labute approximate surface area is 108 Å². The van der Waals surface area contributed by atoms with E-state index in [1.54, 1.807) is 12.1 Å². The summed E-state index contributed by atoms with van der Waals surface area (Å²) in [6.45, 7) is 0. The fraction of sp³-hybridized carbons (Fsp3) is 0.182. The number of anilines is 1. The molecular formula is C11H11N5O3. The maximum absolute atomic E-state index is 11.3. The van der Waals surface area contributed by atoms with Crippen LogP contribution in [0.3, 0.4) is 0 Å². The Bertz CT molecular complexity index is 600. The lowest BCUT2D eigenvalue weighted by Crippen LogP contribution is -2.09. The highest BCUT2D eigenvalue weighted by Crippen LogP contribution is 2.16. The molecule has 0 saturated heterocycles. The molecule has 8 heteroatoms. The van der Waals surface area contributed by atoms with Crippen LogP contribution in [0.2, 0.25) is 0 Å². The monoisotopic (exact) mass is 261 g/mol. The highest BCUT2D eigenvalue weighted by atomic mass is 16.5. The molecule has 2 rings (SSSR count). The summed E-state index contributed by atoms with van der Waals surface area (Å²) in [6.07, 6.45) is 1.29. The molecule has 2 aromatic rings. The molecule has 98 valence electrons. The molecule has 0 unspecified atom stereocenters. The number of hydrogen-bond acceptors (Lipinski definition) is 8. The van der Waals surface area contributed by atoms with Gasteiger partial charge in [-0.05, 0) is 6.07 Å². The minimum absolute atomic E-state index is 0.0227. The van der Waals surface area contributed by atoms with E-state index < -0.39 is 5.97 Å². The topological polar surface area (TPSA) is 113 Å². The first-order chi connectivity index (χ1) is 9.15. The van der Waals surface area contributed by atoms with Crippen LogP contribution in [-0.4, -0.2) is 40.4 Å². The van der Waals surface area contributed by atoms with Crippen molar-refractivity contribution in [3.8, 4) is 17.4 Å². The summed E-state index contributed by atoms with van der Waals surface area (Å²) in [5, 5.41) is 7.68. The van der Waals surface area contributed by atoms with Gasteiger partial charge in [0, 0.05) is 12.3 Å². The molecule has 0 amide bonds. The van der Waals surface area contributed by atoms with E-state index in [2.05, 4.69) is 24.9 Å². The number of rotatable bonds is 3. The van der Waals surface area contributed by atoms with Crippen LogP contribution in [0.25, 0.3) is 11.5 Å². The van der Waals surface area contributed by atoms with Crippen molar-refractivity contribution in [3.63, 3.8) is 0 Å². The number of hydrogen-bond donors (Lipinski definition) is 1.